The first-order valence-corrected chi connectivity index (χ1v) is 6.85. The van der Waals surface area contributed by atoms with Crippen molar-refractivity contribution in [2.24, 2.45) is 0 Å². The molecule has 7 nitrogen and oxygen atoms in total. The molecule has 0 unspecified atom stereocenters. The first kappa shape index (κ1) is 14.8. The number of pyridine rings is 1. The Kier molecular flexibility index (Phi) is 3.84. The third-order valence-electron chi connectivity index (χ3n) is 3.37. The van der Waals surface area contributed by atoms with Gasteiger partial charge in [-0.2, -0.15) is 4.98 Å². The van der Waals surface area contributed by atoms with Crippen LogP contribution in [0.15, 0.2) is 35.0 Å². The highest BCUT2D eigenvalue weighted by atomic mass is 16.5. The zero-order valence-corrected chi connectivity index (χ0v) is 12.9. The molecule has 2 heterocycles. The molecule has 0 aliphatic heterocycles. The average molecular weight is 313 g/mol. The Hall–Kier alpha value is -3.09. The number of phenolic OH excluding ortho intramolecular Hbond substituents is 1. The van der Waals surface area contributed by atoms with Gasteiger partial charge in [-0.3, -0.25) is 4.98 Å². The Labute approximate surface area is 132 Å². The van der Waals surface area contributed by atoms with Crippen LogP contribution < -0.4 is 9.47 Å². The Morgan fingerprint density at radius 1 is 1.17 bits per heavy atom. The van der Waals surface area contributed by atoms with E-state index in [1.807, 2.05) is 19.1 Å². The van der Waals surface area contributed by atoms with Crippen LogP contribution in [0.1, 0.15) is 5.56 Å². The molecule has 7 heteroatoms. The fourth-order valence-electron chi connectivity index (χ4n) is 2.21. The van der Waals surface area contributed by atoms with Crippen LogP contribution in [0, 0.1) is 6.92 Å². The number of hydrogen-bond acceptors (Lipinski definition) is 7. The minimum absolute atomic E-state index is 0.0636. The first-order chi connectivity index (χ1) is 11.1. The van der Waals surface area contributed by atoms with Crippen molar-refractivity contribution < 1.29 is 19.1 Å². The fraction of sp³-hybridized carbons (Fsp3) is 0.188. The van der Waals surface area contributed by atoms with Crippen molar-refractivity contribution in [3.05, 3.63) is 36.0 Å². The van der Waals surface area contributed by atoms with E-state index in [-0.39, 0.29) is 17.5 Å². The highest BCUT2D eigenvalue weighted by Crippen LogP contribution is 2.40. The summed E-state index contributed by atoms with van der Waals surface area (Å²) in [4.78, 5) is 8.55. The third kappa shape index (κ3) is 2.68. The van der Waals surface area contributed by atoms with E-state index in [9.17, 15) is 5.11 Å². The molecule has 0 saturated carbocycles. The summed E-state index contributed by atoms with van der Waals surface area (Å²) < 4.78 is 15.7. The predicted molar refractivity (Wildman–Crippen MR) is 82.5 cm³/mol. The molecule has 23 heavy (non-hydrogen) atoms. The van der Waals surface area contributed by atoms with Crippen LogP contribution in [0.4, 0.5) is 0 Å². The number of aryl methyl sites for hydroxylation is 1. The van der Waals surface area contributed by atoms with Gasteiger partial charge < -0.3 is 19.1 Å². The summed E-state index contributed by atoms with van der Waals surface area (Å²) in [5.41, 5.74) is 1.84. The lowest BCUT2D eigenvalue weighted by atomic mass is 10.1. The average Bonchev–Trinajstić information content (AvgIpc) is 3.03. The van der Waals surface area contributed by atoms with Gasteiger partial charge in [-0.15, -0.1) is 0 Å². The maximum Gasteiger partial charge on any atom is 0.277 e. The van der Waals surface area contributed by atoms with Crippen LogP contribution in [0.25, 0.3) is 23.0 Å². The number of benzene rings is 1. The molecule has 2 aromatic heterocycles. The van der Waals surface area contributed by atoms with E-state index in [0.29, 0.717) is 22.8 Å². The van der Waals surface area contributed by atoms with Crippen LogP contribution in [0.5, 0.6) is 17.2 Å². The molecule has 3 rings (SSSR count). The number of aromatic nitrogens is 3. The van der Waals surface area contributed by atoms with Crippen molar-refractivity contribution in [2.75, 3.05) is 14.2 Å². The summed E-state index contributed by atoms with van der Waals surface area (Å²) in [6, 6.07) is 6.82. The van der Waals surface area contributed by atoms with E-state index < -0.39 is 0 Å². The smallest absolute Gasteiger partial charge is 0.277 e. The highest BCUT2D eigenvalue weighted by Gasteiger charge is 2.21. The van der Waals surface area contributed by atoms with E-state index >= 15 is 0 Å². The molecule has 0 bridgehead atoms. The van der Waals surface area contributed by atoms with E-state index in [4.69, 9.17) is 14.0 Å². The molecule has 0 atom stereocenters. The third-order valence-corrected chi connectivity index (χ3v) is 3.37. The van der Waals surface area contributed by atoms with E-state index in [1.54, 1.807) is 12.3 Å². The Morgan fingerprint density at radius 3 is 2.70 bits per heavy atom. The molecule has 0 aliphatic rings. The predicted octanol–water partition coefficient (Wildman–Crippen LogP) is 2.83. The Morgan fingerprint density at radius 2 is 2.00 bits per heavy atom. The van der Waals surface area contributed by atoms with Crippen LogP contribution in [0.2, 0.25) is 0 Å². The lowest BCUT2D eigenvalue weighted by molar-refractivity contribution is 0.385. The summed E-state index contributed by atoms with van der Waals surface area (Å²) in [6.45, 7) is 1.90. The molecule has 0 spiro atoms. The molecule has 1 N–H and O–H groups in total. The molecule has 3 aromatic rings. The van der Waals surface area contributed by atoms with E-state index in [1.165, 1.54) is 20.3 Å². The molecule has 118 valence electrons. The van der Waals surface area contributed by atoms with Crippen LogP contribution >= 0.6 is 0 Å². The lowest BCUT2D eigenvalue weighted by Gasteiger charge is -2.09. The SMILES string of the molecule is COc1cc(O)c(-c2noc(-c3ncccc3C)n2)c(OC)c1. The quantitative estimate of drug-likeness (QED) is 0.792. The van der Waals surface area contributed by atoms with Gasteiger partial charge in [0.15, 0.2) is 0 Å². The number of aromatic hydroxyl groups is 1. The van der Waals surface area contributed by atoms with Crippen molar-refractivity contribution in [1.29, 1.82) is 0 Å². The zero-order valence-electron chi connectivity index (χ0n) is 12.9. The number of phenols is 1. The number of methoxy groups -OCH3 is 2. The standard InChI is InChI=1S/C16H15N3O4/c1-9-5-4-6-17-14(9)16-18-15(19-23-16)13-11(20)7-10(21-2)8-12(13)22-3/h4-8,20H,1-3H3. The molecule has 0 radical (unpaired) electrons. The maximum atomic E-state index is 10.2. The van der Waals surface area contributed by atoms with Gasteiger partial charge >= 0.3 is 0 Å². The Bertz CT molecular complexity index is 845. The second-order valence-electron chi connectivity index (χ2n) is 4.82. The monoisotopic (exact) mass is 313 g/mol. The van der Waals surface area contributed by atoms with E-state index in [2.05, 4.69) is 15.1 Å². The molecule has 0 aliphatic carbocycles. The lowest BCUT2D eigenvalue weighted by Crippen LogP contribution is -1.93. The minimum atomic E-state index is -0.0636. The number of rotatable bonds is 4. The Balaban J connectivity index is 2.09. The minimum Gasteiger partial charge on any atom is -0.507 e. The summed E-state index contributed by atoms with van der Waals surface area (Å²) in [5.74, 6) is 1.27. The van der Waals surface area contributed by atoms with Gasteiger partial charge in [-0.25, -0.2) is 0 Å². The first-order valence-electron chi connectivity index (χ1n) is 6.85. The molecule has 0 saturated heterocycles. The van der Waals surface area contributed by atoms with Gasteiger partial charge in [0.25, 0.3) is 5.89 Å². The van der Waals surface area contributed by atoms with Gasteiger partial charge in [0.05, 0.1) is 14.2 Å². The number of ether oxygens (including phenoxy) is 2. The molecular weight excluding hydrogens is 298 g/mol. The molecule has 0 fully saturated rings. The van der Waals surface area contributed by atoms with Crippen molar-refractivity contribution in [2.45, 2.75) is 6.92 Å². The normalized spacial score (nSPS) is 10.6. The molecule has 0 amide bonds. The van der Waals surface area contributed by atoms with Gasteiger partial charge in [0, 0.05) is 18.3 Å². The summed E-state index contributed by atoms with van der Waals surface area (Å²) in [5, 5.41) is 14.1. The second-order valence-corrected chi connectivity index (χ2v) is 4.82. The van der Waals surface area contributed by atoms with Crippen LogP contribution in [-0.2, 0) is 0 Å². The van der Waals surface area contributed by atoms with Crippen molar-refractivity contribution in [3.63, 3.8) is 0 Å². The van der Waals surface area contributed by atoms with Gasteiger partial charge in [-0.05, 0) is 18.6 Å². The van der Waals surface area contributed by atoms with Gasteiger partial charge in [0.2, 0.25) is 5.82 Å². The summed E-state index contributed by atoms with van der Waals surface area (Å²) in [6.07, 6.45) is 1.65. The summed E-state index contributed by atoms with van der Waals surface area (Å²) in [7, 11) is 2.99. The van der Waals surface area contributed by atoms with Crippen LogP contribution in [0.3, 0.4) is 0 Å². The van der Waals surface area contributed by atoms with Crippen molar-refractivity contribution >= 4 is 0 Å². The second kappa shape index (κ2) is 5.96. The van der Waals surface area contributed by atoms with Gasteiger partial charge in [-0.1, -0.05) is 11.2 Å². The highest BCUT2D eigenvalue weighted by molar-refractivity contribution is 5.74. The zero-order chi connectivity index (χ0) is 16.4. The van der Waals surface area contributed by atoms with E-state index in [0.717, 1.165) is 5.56 Å². The largest absolute Gasteiger partial charge is 0.507 e. The van der Waals surface area contributed by atoms with Crippen molar-refractivity contribution in [1.82, 2.24) is 15.1 Å². The number of hydrogen-bond donors (Lipinski definition) is 1. The van der Waals surface area contributed by atoms with Crippen molar-refractivity contribution in [3.8, 4) is 40.2 Å². The maximum absolute atomic E-state index is 10.2. The van der Waals surface area contributed by atoms with Gasteiger partial charge in [0.1, 0.15) is 28.5 Å². The molecular formula is C16H15N3O4. The number of nitrogens with zero attached hydrogens (tertiary/aromatic N) is 3. The molecule has 1 aromatic carbocycles. The summed E-state index contributed by atoms with van der Waals surface area (Å²) >= 11 is 0. The van der Waals surface area contributed by atoms with Crippen LogP contribution in [-0.4, -0.2) is 34.5 Å². The topological polar surface area (TPSA) is 90.5 Å². The fourth-order valence-corrected chi connectivity index (χ4v) is 2.21.